The lowest BCUT2D eigenvalue weighted by atomic mass is 10.2. The highest BCUT2D eigenvalue weighted by Gasteiger charge is 2.16. The first-order valence-electron chi connectivity index (χ1n) is 4.90. The average molecular weight is 224 g/mol. The van der Waals surface area contributed by atoms with E-state index in [1.54, 1.807) is 26.1 Å². The van der Waals surface area contributed by atoms with Gasteiger partial charge in [0.05, 0.1) is 18.2 Å². The van der Waals surface area contributed by atoms with Crippen LogP contribution in [0.25, 0.3) is 0 Å². The van der Waals surface area contributed by atoms with Crippen molar-refractivity contribution in [2.75, 3.05) is 19.1 Å². The molecular weight excluding hydrogens is 208 g/mol. The molecule has 0 bridgehead atoms. The molecule has 16 heavy (non-hydrogen) atoms. The minimum atomic E-state index is -0.222. The van der Waals surface area contributed by atoms with E-state index in [2.05, 4.69) is 10.4 Å². The molecular formula is C10H16N4O2. The third kappa shape index (κ3) is 2.68. The van der Waals surface area contributed by atoms with Gasteiger partial charge < -0.3 is 15.4 Å². The van der Waals surface area contributed by atoms with Crippen LogP contribution in [0.3, 0.4) is 0 Å². The van der Waals surface area contributed by atoms with E-state index in [-0.39, 0.29) is 18.6 Å². The van der Waals surface area contributed by atoms with Crippen LogP contribution in [-0.4, -0.2) is 40.6 Å². The van der Waals surface area contributed by atoms with E-state index in [9.17, 15) is 4.79 Å². The van der Waals surface area contributed by atoms with Crippen molar-refractivity contribution in [3.05, 3.63) is 23.9 Å². The maximum absolute atomic E-state index is 11.9. The molecule has 6 heteroatoms. The molecule has 0 aliphatic rings. The van der Waals surface area contributed by atoms with Gasteiger partial charge in [0.2, 0.25) is 0 Å². The van der Waals surface area contributed by atoms with E-state index in [1.165, 1.54) is 11.1 Å². The molecule has 0 aromatic carbocycles. The van der Waals surface area contributed by atoms with Crippen molar-refractivity contribution in [1.29, 1.82) is 0 Å². The fourth-order valence-electron chi connectivity index (χ4n) is 1.13. The molecule has 0 saturated carbocycles. The van der Waals surface area contributed by atoms with Crippen molar-refractivity contribution in [2.45, 2.75) is 13.0 Å². The molecule has 0 spiro atoms. The minimum Gasteiger partial charge on any atom is -0.394 e. The molecule has 0 aliphatic heterocycles. The zero-order chi connectivity index (χ0) is 12.1. The monoisotopic (exact) mass is 224 g/mol. The Kier molecular flexibility index (Phi) is 4.21. The second-order valence-electron chi connectivity index (χ2n) is 3.52. The van der Waals surface area contributed by atoms with Gasteiger partial charge in [0.15, 0.2) is 0 Å². The van der Waals surface area contributed by atoms with Crippen LogP contribution in [0.4, 0.5) is 5.82 Å². The minimum absolute atomic E-state index is 0.0713. The molecule has 1 heterocycles. The van der Waals surface area contributed by atoms with Gasteiger partial charge in [-0.2, -0.15) is 0 Å². The Hall–Kier alpha value is -1.66. The number of nitrogen functional groups attached to an aromatic ring is 1. The summed E-state index contributed by atoms with van der Waals surface area (Å²) in [5, 5.41) is 8.95. The van der Waals surface area contributed by atoms with E-state index < -0.39 is 0 Å². The van der Waals surface area contributed by atoms with Crippen LogP contribution in [0.1, 0.15) is 17.3 Å². The van der Waals surface area contributed by atoms with Crippen LogP contribution in [0, 0.1) is 0 Å². The highest BCUT2D eigenvalue weighted by Crippen LogP contribution is 2.08. The molecule has 88 valence electrons. The topological polar surface area (TPSA) is 91.5 Å². The van der Waals surface area contributed by atoms with Gasteiger partial charge >= 0.3 is 0 Å². The largest absolute Gasteiger partial charge is 0.394 e. The van der Waals surface area contributed by atoms with Gasteiger partial charge in [0.1, 0.15) is 5.82 Å². The molecule has 4 N–H and O–H groups in total. The van der Waals surface area contributed by atoms with Crippen molar-refractivity contribution in [2.24, 2.45) is 5.84 Å². The van der Waals surface area contributed by atoms with Gasteiger partial charge in [0.25, 0.3) is 5.91 Å². The number of hydrogen-bond donors (Lipinski definition) is 3. The van der Waals surface area contributed by atoms with Crippen LogP contribution >= 0.6 is 0 Å². The summed E-state index contributed by atoms with van der Waals surface area (Å²) >= 11 is 0. The first-order chi connectivity index (χ1) is 7.60. The number of likely N-dealkylation sites (N-methyl/N-ethyl adjacent to an activating group) is 1. The molecule has 1 unspecified atom stereocenters. The van der Waals surface area contributed by atoms with E-state index >= 15 is 0 Å². The summed E-state index contributed by atoms with van der Waals surface area (Å²) in [7, 11) is 1.64. The number of nitrogens with one attached hydrogen (secondary N) is 1. The van der Waals surface area contributed by atoms with Gasteiger partial charge in [-0.3, -0.25) is 4.79 Å². The first-order valence-corrected chi connectivity index (χ1v) is 4.90. The van der Waals surface area contributed by atoms with Crippen molar-refractivity contribution < 1.29 is 9.90 Å². The zero-order valence-corrected chi connectivity index (χ0v) is 9.34. The number of carbonyl (C=O) groups excluding carboxylic acids is 1. The van der Waals surface area contributed by atoms with Crippen LogP contribution in [-0.2, 0) is 0 Å². The summed E-state index contributed by atoms with van der Waals surface area (Å²) < 4.78 is 0. The Morgan fingerprint density at radius 1 is 1.69 bits per heavy atom. The van der Waals surface area contributed by atoms with Crippen LogP contribution in [0.5, 0.6) is 0 Å². The number of anilines is 1. The first kappa shape index (κ1) is 12.4. The summed E-state index contributed by atoms with van der Waals surface area (Å²) in [6, 6.07) is 3.02. The van der Waals surface area contributed by atoms with Gasteiger partial charge in [-0.15, -0.1) is 0 Å². The molecule has 1 aromatic rings. The second kappa shape index (κ2) is 5.43. The SMILES string of the molecule is CC(CO)N(C)C(=O)c1ccc(NN)nc1. The van der Waals surface area contributed by atoms with Crippen molar-refractivity contribution >= 4 is 11.7 Å². The van der Waals surface area contributed by atoms with Crippen molar-refractivity contribution in [3.63, 3.8) is 0 Å². The summed E-state index contributed by atoms with van der Waals surface area (Å²) in [6.07, 6.45) is 1.44. The number of rotatable bonds is 4. The van der Waals surface area contributed by atoms with Crippen LogP contribution < -0.4 is 11.3 Å². The number of hydrazine groups is 1. The Bertz CT molecular complexity index is 352. The number of carbonyl (C=O) groups is 1. The lowest BCUT2D eigenvalue weighted by Crippen LogP contribution is -2.37. The Labute approximate surface area is 94.1 Å². The van der Waals surface area contributed by atoms with Crippen LogP contribution in [0.15, 0.2) is 18.3 Å². The second-order valence-corrected chi connectivity index (χ2v) is 3.52. The van der Waals surface area contributed by atoms with Gasteiger partial charge in [-0.1, -0.05) is 0 Å². The normalized spacial score (nSPS) is 12.0. The molecule has 0 saturated heterocycles. The lowest BCUT2D eigenvalue weighted by Gasteiger charge is -2.23. The number of aliphatic hydroxyl groups is 1. The Morgan fingerprint density at radius 2 is 2.38 bits per heavy atom. The Balaban J connectivity index is 2.80. The molecule has 0 aliphatic carbocycles. The number of amides is 1. The van der Waals surface area contributed by atoms with Crippen LogP contribution in [0.2, 0.25) is 0 Å². The third-order valence-electron chi connectivity index (χ3n) is 2.40. The number of nitrogens with zero attached hydrogens (tertiary/aromatic N) is 2. The predicted octanol–water partition coefficient (Wildman–Crippen LogP) is -0.180. The third-order valence-corrected chi connectivity index (χ3v) is 2.40. The standard InChI is InChI=1S/C10H16N4O2/c1-7(6-15)14(2)10(16)8-3-4-9(13-11)12-5-8/h3-5,7,15H,6,11H2,1-2H3,(H,12,13). The number of nitrogens with two attached hydrogens (primary N) is 1. The molecule has 1 atom stereocenters. The maximum Gasteiger partial charge on any atom is 0.255 e. The van der Waals surface area contributed by atoms with Crippen molar-refractivity contribution in [1.82, 2.24) is 9.88 Å². The van der Waals surface area contributed by atoms with Gasteiger partial charge in [-0.05, 0) is 19.1 Å². The van der Waals surface area contributed by atoms with Crippen molar-refractivity contribution in [3.8, 4) is 0 Å². The summed E-state index contributed by atoms with van der Waals surface area (Å²) in [5.74, 6) is 5.48. The average Bonchev–Trinajstić information content (AvgIpc) is 2.36. The smallest absolute Gasteiger partial charge is 0.255 e. The van der Waals surface area contributed by atoms with E-state index in [1.807, 2.05) is 0 Å². The number of hydrogen-bond acceptors (Lipinski definition) is 5. The molecule has 1 amide bonds. The number of aliphatic hydroxyl groups excluding tert-OH is 1. The predicted molar refractivity (Wildman–Crippen MR) is 60.7 cm³/mol. The summed E-state index contributed by atoms with van der Waals surface area (Å²) in [5.41, 5.74) is 2.84. The molecule has 0 fully saturated rings. The number of aromatic nitrogens is 1. The molecule has 1 rings (SSSR count). The maximum atomic E-state index is 11.9. The molecule has 0 radical (unpaired) electrons. The van der Waals surface area contributed by atoms with Gasteiger partial charge in [-0.25, -0.2) is 10.8 Å². The van der Waals surface area contributed by atoms with E-state index in [4.69, 9.17) is 10.9 Å². The fourth-order valence-corrected chi connectivity index (χ4v) is 1.13. The highest BCUT2D eigenvalue weighted by atomic mass is 16.3. The van der Waals surface area contributed by atoms with E-state index in [0.717, 1.165) is 0 Å². The zero-order valence-electron chi connectivity index (χ0n) is 9.34. The molecule has 6 nitrogen and oxygen atoms in total. The summed E-state index contributed by atoms with van der Waals surface area (Å²) in [4.78, 5) is 17.3. The number of pyridine rings is 1. The quantitative estimate of drug-likeness (QED) is 0.487. The molecule has 1 aromatic heterocycles. The highest BCUT2D eigenvalue weighted by molar-refractivity contribution is 5.94. The lowest BCUT2D eigenvalue weighted by molar-refractivity contribution is 0.0682. The fraction of sp³-hybridized carbons (Fsp3) is 0.400. The van der Waals surface area contributed by atoms with Gasteiger partial charge in [0, 0.05) is 13.2 Å². The Morgan fingerprint density at radius 3 is 2.81 bits per heavy atom. The van der Waals surface area contributed by atoms with E-state index in [0.29, 0.717) is 11.4 Å². The summed E-state index contributed by atoms with van der Waals surface area (Å²) in [6.45, 7) is 1.69.